The second-order valence-electron chi connectivity index (χ2n) is 9.77. The van der Waals surface area contributed by atoms with Gasteiger partial charge in [-0.1, -0.05) is 65.4 Å². The van der Waals surface area contributed by atoms with Crippen molar-refractivity contribution in [1.29, 1.82) is 0 Å². The highest BCUT2D eigenvalue weighted by molar-refractivity contribution is 7.98. The number of fused-ring (bicyclic) bond motifs is 1. The van der Waals surface area contributed by atoms with Gasteiger partial charge in [-0.15, -0.1) is 11.8 Å². The first-order chi connectivity index (χ1) is 19.7. The largest absolute Gasteiger partial charge is 0.488 e. The fourth-order valence-electron chi connectivity index (χ4n) is 4.62. The first-order valence-corrected chi connectivity index (χ1v) is 15.5. The highest BCUT2D eigenvalue weighted by atomic mass is 35.5. The topological polar surface area (TPSA) is 69.9 Å². The second-order valence-corrected chi connectivity index (χ2v) is 12.1. The van der Waals surface area contributed by atoms with Gasteiger partial charge in [0.2, 0.25) is 0 Å². The maximum absolute atomic E-state index is 14.0. The van der Waals surface area contributed by atoms with Crippen molar-refractivity contribution in [3.05, 3.63) is 125 Å². The Hall–Kier alpha value is -3.59. The van der Waals surface area contributed by atoms with Crippen LogP contribution in [0, 0.1) is 0 Å². The standard InChI is InChI=1S/C32H29ClN2O4S2/c1-19(2)39-31(37)28-20(3)34-32-35(29(28)22-12-14-25(40-4)15-13-22)30(36)27(41-32)17-23-9-5-6-11-26(23)38-18-21-8-7-10-24(33)16-21/h5-17,19,29H,18H2,1-4H3/b27-17-/t29-/m0/s1. The van der Waals surface area contributed by atoms with E-state index in [9.17, 15) is 9.59 Å². The van der Waals surface area contributed by atoms with Crippen molar-refractivity contribution in [3.63, 3.8) is 0 Å². The molecule has 0 N–H and O–H groups in total. The number of esters is 1. The number of benzene rings is 3. The number of carbonyl (C=O) groups is 1. The normalized spacial score (nSPS) is 15.1. The van der Waals surface area contributed by atoms with E-state index in [0.29, 0.717) is 38.0 Å². The number of allylic oxidation sites excluding steroid dienone is 1. The molecule has 0 saturated carbocycles. The Labute approximate surface area is 251 Å². The van der Waals surface area contributed by atoms with E-state index in [4.69, 9.17) is 21.1 Å². The Morgan fingerprint density at radius 3 is 2.59 bits per heavy atom. The molecule has 0 fully saturated rings. The summed E-state index contributed by atoms with van der Waals surface area (Å²) in [4.78, 5) is 33.6. The predicted molar refractivity (Wildman–Crippen MR) is 165 cm³/mol. The average molecular weight is 605 g/mol. The van der Waals surface area contributed by atoms with Crippen LogP contribution in [0.3, 0.4) is 0 Å². The maximum Gasteiger partial charge on any atom is 0.338 e. The number of halogens is 1. The molecular weight excluding hydrogens is 576 g/mol. The smallest absolute Gasteiger partial charge is 0.338 e. The molecule has 1 aliphatic heterocycles. The molecule has 0 amide bonds. The minimum Gasteiger partial charge on any atom is -0.488 e. The third kappa shape index (κ3) is 6.35. The number of aromatic nitrogens is 1. The number of carbonyl (C=O) groups excluding carboxylic acids is 1. The van der Waals surface area contributed by atoms with Crippen LogP contribution in [0.1, 0.15) is 43.5 Å². The van der Waals surface area contributed by atoms with Gasteiger partial charge in [-0.2, -0.15) is 0 Å². The van der Waals surface area contributed by atoms with Crippen molar-refractivity contribution in [1.82, 2.24) is 4.57 Å². The lowest BCUT2D eigenvalue weighted by molar-refractivity contribution is -0.143. The third-order valence-electron chi connectivity index (χ3n) is 6.50. The van der Waals surface area contributed by atoms with Crippen molar-refractivity contribution in [3.8, 4) is 5.75 Å². The van der Waals surface area contributed by atoms with E-state index < -0.39 is 12.0 Å². The number of thiazole rings is 1. The minimum atomic E-state index is -0.662. The number of thioether (sulfide) groups is 1. The summed E-state index contributed by atoms with van der Waals surface area (Å²) in [5.74, 6) is 0.161. The molecule has 1 aromatic heterocycles. The minimum absolute atomic E-state index is 0.236. The van der Waals surface area contributed by atoms with E-state index >= 15 is 0 Å². The van der Waals surface area contributed by atoms with Gasteiger partial charge in [-0.3, -0.25) is 9.36 Å². The fourth-order valence-corrected chi connectivity index (χ4v) is 6.28. The average Bonchev–Trinajstić information content (AvgIpc) is 3.25. The van der Waals surface area contributed by atoms with E-state index in [2.05, 4.69) is 4.99 Å². The summed E-state index contributed by atoms with van der Waals surface area (Å²) in [5.41, 5.74) is 3.17. The van der Waals surface area contributed by atoms with Crippen LogP contribution < -0.4 is 19.6 Å². The molecule has 1 atom stereocenters. The van der Waals surface area contributed by atoms with Gasteiger partial charge in [0.25, 0.3) is 5.56 Å². The first-order valence-electron chi connectivity index (χ1n) is 13.1. The summed E-state index contributed by atoms with van der Waals surface area (Å²) in [6.45, 7) is 5.73. The molecule has 0 bridgehead atoms. The van der Waals surface area contributed by atoms with Crippen molar-refractivity contribution in [2.75, 3.05) is 6.26 Å². The lowest BCUT2D eigenvalue weighted by Gasteiger charge is -2.25. The van der Waals surface area contributed by atoms with Crippen LogP contribution >= 0.6 is 34.7 Å². The lowest BCUT2D eigenvalue weighted by Crippen LogP contribution is -2.40. The molecule has 2 heterocycles. The first kappa shape index (κ1) is 28.9. The zero-order valence-electron chi connectivity index (χ0n) is 23.1. The van der Waals surface area contributed by atoms with E-state index in [-0.39, 0.29) is 11.7 Å². The monoisotopic (exact) mass is 604 g/mol. The van der Waals surface area contributed by atoms with Gasteiger partial charge < -0.3 is 9.47 Å². The van der Waals surface area contributed by atoms with Crippen molar-refractivity contribution >= 4 is 46.7 Å². The van der Waals surface area contributed by atoms with Crippen LogP contribution in [0.4, 0.5) is 0 Å². The maximum atomic E-state index is 14.0. The van der Waals surface area contributed by atoms with E-state index in [0.717, 1.165) is 21.6 Å². The Balaban J connectivity index is 1.59. The van der Waals surface area contributed by atoms with E-state index in [1.165, 1.54) is 11.3 Å². The molecule has 210 valence electrons. The van der Waals surface area contributed by atoms with Gasteiger partial charge in [0, 0.05) is 15.5 Å². The molecule has 0 spiro atoms. The molecule has 6 nitrogen and oxygen atoms in total. The van der Waals surface area contributed by atoms with Crippen LogP contribution in [0.15, 0.2) is 98.7 Å². The van der Waals surface area contributed by atoms with Crippen LogP contribution in [-0.4, -0.2) is 22.9 Å². The Bertz CT molecular complexity index is 1810. The molecule has 1 aliphatic rings. The van der Waals surface area contributed by atoms with Gasteiger partial charge in [0.15, 0.2) is 4.80 Å². The molecule has 0 aliphatic carbocycles. The predicted octanol–water partition coefficient (Wildman–Crippen LogP) is 6.14. The fraction of sp³-hybridized carbons (Fsp3) is 0.219. The van der Waals surface area contributed by atoms with E-state index in [1.54, 1.807) is 37.1 Å². The summed E-state index contributed by atoms with van der Waals surface area (Å²) in [6, 6.07) is 22.3. The highest BCUT2D eigenvalue weighted by Gasteiger charge is 2.33. The van der Waals surface area contributed by atoms with Gasteiger partial charge in [-0.05, 0) is 74.6 Å². The molecule has 41 heavy (non-hydrogen) atoms. The van der Waals surface area contributed by atoms with Gasteiger partial charge in [0.1, 0.15) is 12.4 Å². The highest BCUT2D eigenvalue weighted by Crippen LogP contribution is 2.32. The SMILES string of the molecule is CSc1ccc([C@H]2C(C(=O)OC(C)C)=C(C)N=c3s/c(=C\c4ccccc4OCc4cccc(Cl)c4)c(=O)n32)cc1. The Morgan fingerprint density at radius 1 is 1.12 bits per heavy atom. The van der Waals surface area contributed by atoms with Crippen molar-refractivity contribution in [2.45, 2.75) is 44.4 Å². The number of nitrogens with zero attached hydrogens (tertiary/aromatic N) is 2. The molecule has 4 aromatic rings. The summed E-state index contributed by atoms with van der Waals surface area (Å²) in [7, 11) is 0. The lowest BCUT2D eigenvalue weighted by atomic mass is 9.96. The van der Waals surface area contributed by atoms with Crippen LogP contribution in [-0.2, 0) is 16.1 Å². The zero-order chi connectivity index (χ0) is 29.1. The summed E-state index contributed by atoms with van der Waals surface area (Å²) < 4.78 is 13.8. The molecule has 0 unspecified atom stereocenters. The summed E-state index contributed by atoms with van der Waals surface area (Å²) in [6.07, 6.45) is 3.51. The molecule has 0 saturated heterocycles. The number of para-hydroxylation sites is 1. The zero-order valence-corrected chi connectivity index (χ0v) is 25.5. The van der Waals surface area contributed by atoms with Crippen LogP contribution in [0.25, 0.3) is 6.08 Å². The summed E-state index contributed by atoms with van der Waals surface area (Å²) in [5, 5.41) is 0.644. The number of ether oxygens (including phenoxy) is 2. The van der Waals surface area contributed by atoms with Gasteiger partial charge in [-0.25, -0.2) is 9.79 Å². The molecular formula is C32H29ClN2O4S2. The van der Waals surface area contributed by atoms with E-state index in [1.807, 2.05) is 85.1 Å². The van der Waals surface area contributed by atoms with Crippen molar-refractivity contribution in [2.24, 2.45) is 4.99 Å². The molecule has 3 aromatic carbocycles. The van der Waals surface area contributed by atoms with Crippen LogP contribution in [0.5, 0.6) is 5.75 Å². The quantitative estimate of drug-likeness (QED) is 0.178. The summed E-state index contributed by atoms with van der Waals surface area (Å²) >= 11 is 9.04. The molecule has 0 radical (unpaired) electrons. The molecule has 5 rings (SSSR count). The van der Waals surface area contributed by atoms with Crippen LogP contribution in [0.2, 0.25) is 5.02 Å². The number of hydrogen-bond donors (Lipinski definition) is 0. The number of hydrogen-bond acceptors (Lipinski definition) is 7. The van der Waals surface area contributed by atoms with Gasteiger partial charge in [0.05, 0.1) is 27.9 Å². The third-order valence-corrected chi connectivity index (χ3v) is 8.47. The second kappa shape index (κ2) is 12.5. The number of rotatable bonds is 8. The Kier molecular flexibility index (Phi) is 8.82. The Morgan fingerprint density at radius 2 is 1.88 bits per heavy atom. The molecule has 9 heteroatoms. The van der Waals surface area contributed by atoms with Gasteiger partial charge >= 0.3 is 5.97 Å². The van der Waals surface area contributed by atoms with Crippen molar-refractivity contribution < 1.29 is 14.3 Å².